The Labute approximate surface area is 179 Å². The lowest BCUT2D eigenvalue weighted by atomic mass is 10.2. The molecule has 7 nitrogen and oxygen atoms in total. The largest absolute Gasteiger partial charge is 0.486 e. The van der Waals surface area contributed by atoms with Gasteiger partial charge in [-0.15, -0.1) is 0 Å². The summed E-state index contributed by atoms with van der Waals surface area (Å²) in [4.78, 5) is 16.6. The number of nitrogens with zero attached hydrogens (tertiary/aromatic N) is 3. The number of halogens is 2. The number of para-hydroxylation sites is 1. The van der Waals surface area contributed by atoms with E-state index in [1.807, 2.05) is 24.3 Å². The second kappa shape index (κ2) is 8.50. The van der Waals surface area contributed by atoms with Gasteiger partial charge in [0.1, 0.15) is 36.5 Å². The third-order valence-electron chi connectivity index (χ3n) is 3.95. The molecule has 0 spiro atoms. The average molecular weight is 474 g/mol. The molecular weight excluding hydrogens is 460 g/mol. The first kappa shape index (κ1) is 19.2. The molecule has 2 aromatic carbocycles. The summed E-state index contributed by atoms with van der Waals surface area (Å²) in [6.45, 7) is 0.200. The zero-order valence-electron chi connectivity index (χ0n) is 14.9. The number of furan rings is 1. The summed E-state index contributed by atoms with van der Waals surface area (Å²) in [7, 11) is 0. The van der Waals surface area contributed by atoms with E-state index in [1.165, 1.54) is 17.3 Å². The number of ether oxygens (including phenoxy) is 1. The minimum Gasteiger partial charge on any atom is -0.486 e. The summed E-state index contributed by atoms with van der Waals surface area (Å²) < 4.78 is 13.7. The molecule has 0 aliphatic heterocycles. The zero-order chi connectivity index (χ0) is 20.2. The maximum absolute atomic E-state index is 12.6. The number of amides is 1. The Bertz CT molecular complexity index is 1140. The monoisotopic (exact) mass is 472 g/mol. The molecule has 0 aliphatic rings. The Hall–Kier alpha value is -3.10. The highest BCUT2D eigenvalue weighted by Gasteiger charge is 2.16. The fourth-order valence-electron chi connectivity index (χ4n) is 2.65. The molecule has 9 heteroatoms. The van der Waals surface area contributed by atoms with Crippen LogP contribution in [-0.2, 0) is 6.61 Å². The first-order valence-corrected chi connectivity index (χ1v) is 9.69. The van der Waals surface area contributed by atoms with Gasteiger partial charge in [-0.05, 0) is 42.5 Å². The smallest absolute Gasteiger partial charge is 0.291 e. The Balaban J connectivity index is 1.47. The Morgan fingerprint density at radius 1 is 1.21 bits per heavy atom. The molecule has 2 heterocycles. The minimum absolute atomic E-state index is 0.155. The Morgan fingerprint density at radius 3 is 2.86 bits per heavy atom. The van der Waals surface area contributed by atoms with Crippen molar-refractivity contribution in [3.63, 3.8) is 0 Å². The molecule has 0 aliphatic carbocycles. The highest BCUT2D eigenvalue weighted by atomic mass is 79.9. The molecule has 0 unspecified atom stereocenters. The molecule has 4 rings (SSSR count). The van der Waals surface area contributed by atoms with Crippen LogP contribution in [0, 0.1) is 0 Å². The topological polar surface area (TPSA) is 82.2 Å². The van der Waals surface area contributed by atoms with Crippen molar-refractivity contribution in [2.24, 2.45) is 0 Å². The van der Waals surface area contributed by atoms with Crippen LogP contribution in [0.2, 0.25) is 5.02 Å². The molecule has 0 atom stereocenters. The number of hydrogen-bond acceptors (Lipinski definition) is 5. The van der Waals surface area contributed by atoms with Crippen LogP contribution in [-0.4, -0.2) is 20.7 Å². The van der Waals surface area contributed by atoms with Gasteiger partial charge in [-0.25, -0.2) is 9.67 Å². The quantitative estimate of drug-likeness (QED) is 0.421. The van der Waals surface area contributed by atoms with Gasteiger partial charge in [0.15, 0.2) is 5.76 Å². The fraction of sp³-hybridized carbons (Fsp3) is 0.0500. The van der Waals surface area contributed by atoms with Crippen LogP contribution in [0.15, 0.2) is 76.1 Å². The molecule has 0 saturated heterocycles. The third-order valence-corrected chi connectivity index (χ3v) is 4.74. The van der Waals surface area contributed by atoms with Crippen LogP contribution >= 0.6 is 27.5 Å². The highest BCUT2D eigenvalue weighted by Crippen LogP contribution is 2.28. The molecule has 1 amide bonds. The SMILES string of the molecule is O=C(Nc1cccc(Cl)c1-n1cncn1)c1ccc(COc2cccc(Br)c2)o1. The van der Waals surface area contributed by atoms with E-state index in [9.17, 15) is 4.79 Å². The number of benzene rings is 2. The highest BCUT2D eigenvalue weighted by molar-refractivity contribution is 9.10. The molecule has 2 aromatic heterocycles. The number of rotatable bonds is 6. The van der Waals surface area contributed by atoms with Gasteiger partial charge in [-0.1, -0.05) is 39.7 Å². The molecule has 29 heavy (non-hydrogen) atoms. The zero-order valence-corrected chi connectivity index (χ0v) is 17.2. The van der Waals surface area contributed by atoms with Gasteiger partial charge < -0.3 is 14.5 Å². The van der Waals surface area contributed by atoms with Crippen molar-refractivity contribution < 1.29 is 13.9 Å². The van der Waals surface area contributed by atoms with Crippen molar-refractivity contribution in [1.82, 2.24) is 14.8 Å². The summed E-state index contributed by atoms with van der Waals surface area (Å²) in [6, 6.07) is 15.9. The summed E-state index contributed by atoms with van der Waals surface area (Å²) >= 11 is 9.67. The molecule has 1 N–H and O–H groups in total. The van der Waals surface area contributed by atoms with Crippen LogP contribution < -0.4 is 10.1 Å². The van der Waals surface area contributed by atoms with Gasteiger partial charge in [0.25, 0.3) is 5.91 Å². The summed E-state index contributed by atoms with van der Waals surface area (Å²) in [5, 5.41) is 7.30. The lowest BCUT2D eigenvalue weighted by Crippen LogP contribution is -2.13. The van der Waals surface area contributed by atoms with Gasteiger partial charge in [0.05, 0.1) is 10.7 Å². The fourth-order valence-corrected chi connectivity index (χ4v) is 3.28. The van der Waals surface area contributed by atoms with E-state index < -0.39 is 5.91 Å². The first-order valence-electron chi connectivity index (χ1n) is 8.52. The van der Waals surface area contributed by atoms with E-state index in [1.54, 1.807) is 30.3 Å². The first-order chi connectivity index (χ1) is 14.1. The third kappa shape index (κ3) is 4.49. The second-order valence-electron chi connectivity index (χ2n) is 5.94. The molecular formula is C20H14BrClN4O3. The maximum Gasteiger partial charge on any atom is 0.291 e. The number of nitrogens with one attached hydrogen (secondary N) is 1. The standard InChI is InChI=1S/C20H14BrClN4O3/c21-13-3-1-4-14(9-13)28-10-15-7-8-18(29-15)20(27)25-17-6-2-5-16(22)19(17)26-12-23-11-24-26/h1-9,11-12H,10H2,(H,25,27). The van der Waals surface area contributed by atoms with Crippen molar-refractivity contribution in [2.75, 3.05) is 5.32 Å². The van der Waals surface area contributed by atoms with Crippen LogP contribution in [0.3, 0.4) is 0 Å². The van der Waals surface area contributed by atoms with Gasteiger partial charge in [0.2, 0.25) is 0 Å². The molecule has 0 saturated carbocycles. The van der Waals surface area contributed by atoms with Gasteiger partial charge in [-0.2, -0.15) is 5.10 Å². The van der Waals surface area contributed by atoms with E-state index in [0.29, 0.717) is 27.9 Å². The number of hydrogen-bond donors (Lipinski definition) is 1. The molecule has 146 valence electrons. The number of carbonyl (C=O) groups is 1. The van der Waals surface area contributed by atoms with Gasteiger partial charge in [0, 0.05) is 4.47 Å². The summed E-state index contributed by atoms with van der Waals surface area (Å²) in [6.07, 6.45) is 2.89. The summed E-state index contributed by atoms with van der Waals surface area (Å²) in [5.74, 6) is 0.959. The number of aromatic nitrogens is 3. The second-order valence-corrected chi connectivity index (χ2v) is 7.27. The number of carbonyl (C=O) groups excluding carboxylic acids is 1. The lowest BCUT2D eigenvalue weighted by Gasteiger charge is -2.11. The maximum atomic E-state index is 12.6. The predicted molar refractivity (Wildman–Crippen MR) is 112 cm³/mol. The number of anilines is 1. The van der Waals surface area contributed by atoms with Crippen molar-refractivity contribution in [3.05, 3.63) is 88.3 Å². The van der Waals surface area contributed by atoms with E-state index in [0.717, 1.165) is 4.47 Å². The van der Waals surface area contributed by atoms with Crippen molar-refractivity contribution in [2.45, 2.75) is 6.61 Å². The van der Waals surface area contributed by atoms with Crippen LogP contribution in [0.1, 0.15) is 16.3 Å². The van der Waals surface area contributed by atoms with Gasteiger partial charge in [-0.3, -0.25) is 4.79 Å². The van der Waals surface area contributed by atoms with E-state index >= 15 is 0 Å². The molecule has 0 bridgehead atoms. The normalized spacial score (nSPS) is 10.7. The minimum atomic E-state index is -0.415. The molecule has 4 aromatic rings. The van der Waals surface area contributed by atoms with Crippen LogP contribution in [0.4, 0.5) is 5.69 Å². The van der Waals surface area contributed by atoms with Crippen molar-refractivity contribution >= 4 is 39.1 Å². The van der Waals surface area contributed by atoms with E-state index in [-0.39, 0.29) is 12.4 Å². The predicted octanol–water partition coefficient (Wildman–Crippen LogP) is 5.11. The Kier molecular flexibility index (Phi) is 5.64. The molecule has 0 fully saturated rings. The molecule has 0 radical (unpaired) electrons. The Morgan fingerprint density at radius 2 is 2.07 bits per heavy atom. The van der Waals surface area contributed by atoms with Crippen LogP contribution in [0.5, 0.6) is 5.75 Å². The van der Waals surface area contributed by atoms with Crippen molar-refractivity contribution in [3.8, 4) is 11.4 Å². The van der Waals surface area contributed by atoms with E-state index in [4.69, 9.17) is 20.8 Å². The van der Waals surface area contributed by atoms with E-state index in [2.05, 4.69) is 31.3 Å². The lowest BCUT2D eigenvalue weighted by molar-refractivity contribution is 0.0992. The van der Waals surface area contributed by atoms with Crippen LogP contribution in [0.25, 0.3) is 5.69 Å². The van der Waals surface area contributed by atoms with Crippen molar-refractivity contribution in [1.29, 1.82) is 0 Å². The summed E-state index contributed by atoms with van der Waals surface area (Å²) in [5.41, 5.74) is 1.00. The average Bonchev–Trinajstić information content (AvgIpc) is 3.39. The van der Waals surface area contributed by atoms with Gasteiger partial charge >= 0.3 is 0 Å².